The van der Waals surface area contributed by atoms with Crippen LogP contribution in [0.15, 0.2) is 4.42 Å². The van der Waals surface area contributed by atoms with Gasteiger partial charge >= 0.3 is 5.97 Å². The molecule has 0 bridgehead atoms. The summed E-state index contributed by atoms with van der Waals surface area (Å²) < 4.78 is 15.6. The van der Waals surface area contributed by atoms with Crippen LogP contribution in [0.5, 0.6) is 0 Å². The van der Waals surface area contributed by atoms with E-state index in [2.05, 4.69) is 4.98 Å². The van der Waals surface area contributed by atoms with Crippen LogP contribution in [0.3, 0.4) is 0 Å². The molecular weight excluding hydrogens is 222 g/mol. The lowest BCUT2D eigenvalue weighted by Gasteiger charge is -2.17. The van der Waals surface area contributed by atoms with Crippen LogP contribution in [-0.2, 0) is 21.5 Å². The molecule has 0 N–H and O–H groups in total. The first-order valence-electron chi connectivity index (χ1n) is 5.68. The lowest BCUT2D eigenvalue weighted by Crippen LogP contribution is -2.19. The number of esters is 1. The molecule has 17 heavy (non-hydrogen) atoms. The van der Waals surface area contributed by atoms with Gasteiger partial charge in [-0.3, -0.25) is 0 Å². The highest BCUT2D eigenvalue weighted by Gasteiger charge is 2.30. The fraction of sp³-hybridized carbons (Fsp3) is 0.667. The summed E-state index contributed by atoms with van der Waals surface area (Å²) in [5.41, 5.74) is -0.0575. The first-order chi connectivity index (χ1) is 7.96. The van der Waals surface area contributed by atoms with Crippen LogP contribution in [-0.4, -0.2) is 24.7 Å². The Kier molecular flexibility index (Phi) is 4.28. The molecule has 0 aliphatic carbocycles. The molecule has 0 aromatic carbocycles. The van der Waals surface area contributed by atoms with Gasteiger partial charge in [0.1, 0.15) is 5.60 Å². The van der Waals surface area contributed by atoms with Gasteiger partial charge in [-0.2, -0.15) is 0 Å². The third-order valence-electron chi connectivity index (χ3n) is 2.52. The Morgan fingerprint density at radius 2 is 2.06 bits per heavy atom. The van der Waals surface area contributed by atoms with E-state index < -0.39 is 11.6 Å². The van der Waals surface area contributed by atoms with Crippen LogP contribution in [0, 0.1) is 0 Å². The topological polar surface area (TPSA) is 61.6 Å². The summed E-state index contributed by atoms with van der Waals surface area (Å²) in [5, 5.41) is 0. The summed E-state index contributed by atoms with van der Waals surface area (Å²) in [6.07, 6.45) is 0.609. The Bertz CT molecular complexity index is 395. The molecule has 0 fully saturated rings. The van der Waals surface area contributed by atoms with Crippen molar-refractivity contribution in [3.8, 4) is 0 Å². The molecule has 96 valence electrons. The molecule has 0 radical (unpaired) electrons. The molecule has 0 amide bonds. The number of oxazole rings is 1. The summed E-state index contributed by atoms with van der Waals surface area (Å²) in [4.78, 5) is 15.9. The van der Waals surface area contributed by atoms with Gasteiger partial charge in [0.05, 0.1) is 12.3 Å². The molecule has 0 unspecified atom stereocenters. The molecule has 0 saturated heterocycles. The van der Waals surface area contributed by atoms with Crippen LogP contribution in [0.25, 0.3) is 0 Å². The van der Waals surface area contributed by atoms with Crippen molar-refractivity contribution >= 4 is 5.97 Å². The predicted octanol–water partition coefficient (Wildman–Crippen LogP) is 2.30. The zero-order chi connectivity index (χ0) is 13.1. The second-order valence-corrected chi connectivity index (χ2v) is 4.08. The third-order valence-corrected chi connectivity index (χ3v) is 2.52. The van der Waals surface area contributed by atoms with Crippen molar-refractivity contribution in [3.05, 3.63) is 17.3 Å². The molecule has 5 nitrogen and oxygen atoms in total. The maximum atomic E-state index is 11.7. The molecule has 1 rings (SSSR count). The predicted molar refractivity (Wildman–Crippen MR) is 61.9 cm³/mol. The van der Waals surface area contributed by atoms with Gasteiger partial charge in [-0.05, 0) is 27.2 Å². The summed E-state index contributed by atoms with van der Waals surface area (Å²) in [5.74, 6) is 0.0874. The van der Waals surface area contributed by atoms with E-state index in [1.54, 1.807) is 14.0 Å². The first kappa shape index (κ1) is 13.7. The Morgan fingerprint density at radius 3 is 2.53 bits per heavy atom. The maximum Gasteiger partial charge on any atom is 0.376 e. The molecule has 0 aliphatic rings. The molecule has 1 aromatic heterocycles. The number of ether oxygens (including phenoxy) is 2. The number of nitrogens with zero attached hydrogens (tertiary/aromatic N) is 1. The van der Waals surface area contributed by atoms with Crippen molar-refractivity contribution in [2.75, 3.05) is 13.7 Å². The molecular formula is C12H19NO4. The maximum absolute atomic E-state index is 11.7. The van der Waals surface area contributed by atoms with Crippen LogP contribution in [0.4, 0.5) is 0 Å². The van der Waals surface area contributed by atoms with Crippen molar-refractivity contribution in [2.24, 2.45) is 0 Å². The number of hydrogen-bond donors (Lipinski definition) is 0. The minimum absolute atomic E-state index is 0.175. The molecule has 0 aliphatic heterocycles. The average Bonchev–Trinajstić information content (AvgIpc) is 2.74. The number of carbonyl (C=O) groups excluding carboxylic acids is 1. The number of aromatic nitrogens is 1. The summed E-state index contributed by atoms with van der Waals surface area (Å²) in [6.45, 7) is 7.62. The van der Waals surface area contributed by atoms with Crippen LogP contribution >= 0.6 is 0 Å². The van der Waals surface area contributed by atoms with Gasteiger partial charge in [-0.25, -0.2) is 9.78 Å². The molecule has 0 saturated carbocycles. The largest absolute Gasteiger partial charge is 0.460 e. The highest BCUT2D eigenvalue weighted by molar-refractivity contribution is 5.87. The minimum atomic E-state index is -0.658. The van der Waals surface area contributed by atoms with Crippen molar-refractivity contribution < 1.29 is 18.7 Å². The van der Waals surface area contributed by atoms with Crippen LogP contribution in [0.2, 0.25) is 0 Å². The lowest BCUT2D eigenvalue weighted by atomic mass is 10.1. The van der Waals surface area contributed by atoms with E-state index in [9.17, 15) is 4.79 Å². The van der Waals surface area contributed by atoms with Gasteiger partial charge in [0.2, 0.25) is 11.7 Å². The van der Waals surface area contributed by atoms with Gasteiger partial charge in [-0.1, -0.05) is 6.92 Å². The number of carbonyl (C=O) groups is 1. The van der Waals surface area contributed by atoms with E-state index in [0.717, 1.165) is 0 Å². The molecule has 1 aromatic rings. The Hall–Kier alpha value is -1.36. The normalized spacial score (nSPS) is 11.6. The van der Waals surface area contributed by atoms with Crippen molar-refractivity contribution in [2.45, 2.75) is 39.7 Å². The van der Waals surface area contributed by atoms with Gasteiger partial charge in [0.25, 0.3) is 0 Å². The van der Waals surface area contributed by atoms with Gasteiger partial charge in [-0.15, -0.1) is 0 Å². The molecule has 0 atom stereocenters. The monoisotopic (exact) mass is 241 g/mol. The highest BCUT2D eigenvalue weighted by atomic mass is 16.5. The Balaban J connectivity index is 3.11. The second kappa shape index (κ2) is 5.31. The van der Waals surface area contributed by atoms with Crippen LogP contribution < -0.4 is 0 Å². The fourth-order valence-electron chi connectivity index (χ4n) is 1.29. The summed E-state index contributed by atoms with van der Waals surface area (Å²) >= 11 is 0. The van der Waals surface area contributed by atoms with E-state index in [-0.39, 0.29) is 5.76 Å². The Morgan fingerprint density at radius 1 is 1.41 bits per heavy atom. The number of aryl methyl sites for hydroxylation is 1. The lowest BCUT2D eigenvalue weighted by molar-refractivity contribution is -0.00513. The second-order valence-electron chi connectivity index (χ2n) is 4.08. The van der Waals surface area contributed by atoms with Gasteiger partial charge in [0, 0.05) is 7.11 Å². The summed E-state index contributed by atoms with van der Waals surface area (Å²) in [7, 11) is 1.57. The fourth-order valence-corrected chi connectivity index (χ4v) is 1.29. The van der Waals surface area contributed by atoms with E-state index >= 15 is 0 Å². The average molecular weight is 241 g/mol. The smallest absolute Gasteiger partial charge is 0.376 e. The van der Waals surface area contributed by atoms with E-state index in [1.807, 2.05) is 20.8 Å². The van der Waals surface area contributed by atoms with E-state index in [1.165, 1.54) is 0 Å². The molecule has 5 heteroatoms. The van der Waals surface area contributed by atoms with E-state index in [4.69, 9.17) is 13.9 Å². The van der Waals surface area contributed by atoms with Gasteiger partial charge in [0.15, 0.2) is 0 Å². The third kappa shape index (κ3) is 2.85. The quantitative estimate of drug-likeness (QED) is 0.740. The molecule has 0 spiro atoms. The number of methoxy groups -OCH3 is 1. The standard InChI is InChI=1S/C12H19NO4/c1-6-8-9(10(14)16-7-2)17-11(13-8)12(3,4)15-5/h6-7H2,1-5H3. The number of rotatable bonds is 5. The van der Waals surface area contributed by atoms with Crippen molar-refractivity contribution in [1.82, 2.24) is 4.98 Å². The van der Waals surface area contributed by atoms with Gasteiger partial charge < -0.3 is 13.9 Å². The first-order valence-corrected chi connectivity index (χ1v) is 5.68. The SMILES string of the molecule is CCOC(=O)c1oc(C(C)(C)OC)nc1CC. The Labute approximate surface area is 101 Å². The zero-order valence-corrected chi connectivity index (χ0v) is 11.0. The zero-order valence-electron chi connectivity index (χ0n) is 11.0. The summed E-state index contributed by atoms with van der Waals surface area (Å²) in [6, 6.07) is 0. The number of hydrogen-bond acceptors (Lipinski definition) is 5. The highest BCUT2D eigenvalue weighted by Crippen LogP contribution is 2.26. The minimum Gasteiger partial charge on any atom is -0.460 e. The van der Waals surface area contributed by atoms with Crippen molar-refractivity contribution in [3.63, 3.8) is 0 Å². The van der Waals surface area contributed by atoms with Crippen molar-refractivity contribution in [1.29, 1.82) is 0 Å². The van der Waals surface area contributed by atoms with Crippen LogP contribution in [0.1, 0.15) is 49.8 Å². The molecule has 1 heterocycles. The van der Waals surface area contributed by atoms with E-state index in [0.29, 0.717) is 24.6 Å².